The summed E-state index contributed by atoms with van der Waals surface area (Å²) in [5, 5.41) is 13.4. The van der Waals surface area contributed by atoms with E-state index >= 15 is 0 Å². The average Bonchev–Trinajstić information content (AvgIpc) is 3.34. The Morgan fingerprint density at radius 3 is 2.63 bits per heavy atom. The van der Waals surface area contributed by atoms with Gasteiger partial charge in [0.1, 0.15) is 11.3 Å². The summed E-state index contributed by atoms with van der Waals surface area (Å²) in [4.78, 5) is 30.2. The van der Waals surface area contributed by atoms with E-state index in [2.05, 4.69) is 22.7 Å². The highest BCUT2D eigenvalue weighted by molar-refractivity contribution is 6.31. The third-order valence-corrected chi connectivity index (χ3v) is 7.82. The number of carboxylic acids is 1. The quantitative estimate of drug-likeness (QED) is 0.196. The van der Waals surface area contributed by atoms with Crippen LogP contribution < -0.4 is 4.74 Å². The van der Waals surface area contributed by atoms with Crippen LogP contribution >= 0.6 is 11.6 Å². The zero-order chi connectivity index (χ0) is 33.4. The second-order valence-electron chi connectivity index (χ2n) is 11.2. The van der Waals surface area contributed by atoms with Crippen LogP contribution in [-0.4, -0.2) is 57.1 Å². The summed E-state index contributed by atoms with van der Waals surface area (Å²) in [7, 11) is 0. The summed E-state index contributed by atoms with van der Waals surface area (Å²) in [5.41, 5.74) is -0.533. The number of halogens is 4. The molecule has 3 heterocycles. The first kappa shape index (κ1) is 34.5. The molecule has 0 bridgehead atoms. The highest BCUT2D eigenvalue weighted by Crippen LogP contribution is 2.35. The van der Waals surface area contributed by atoms with Crippen molar-refractivity contribution >= 4 is 35.0 Å². The zero-order valence-corrected chi connectivity index (χ0v) is 26.4. The van der Waals surface area contributed by atoms with E-state index in [-0.39, 0.29) is 29.8 Å². The Labute approximate surface area is 270 Å². The minimum absolute atomic E-state index is 0.0179. The maximum atomic E-state index is 13.9. The Morgan fingerprint density at radius 1 is 1.24 bits per heavy atom. The summed E-state index contributed by atoms with van der Waals surface area (Å²) in [6, 6.07) is 4.92. The monoisotopic (exact) mass is 656 g/mol. The molecule has 46 heavy (non-hydrogen) atoms. The van der Waals surface area contributed by atoms with Crippen molar-refractivity contribution in [3.05, 3.63) is 101 Å². The Balaban J connectivity index is 1.48. The minimum atomic E-state index is -4.98. The normalized spacial score (nSPS) is 16.4. The molecule has 1 aromatic heterocycles. The first-order valence-corrected chi connectivity index (χ1v) is 15.3. The summed E-state index contributed by atoms with van der Waals surface area (Å²) in [5.74, 6) is -1.03. The number of piperidine rings is 1. The number of hydrogen-bond donors (Lipinski definition) is 1. The molecule has 12 heteroatoms. The van der Waals surface area contributed by atoms with E-state index < -0.39 is 23.4 Å². The van der Waals surface area contributed by atoms with Crippen LogP contribution in [0, 0.1) is 11.8 Å². The van der Waals surface area contributed by atoms with Gasteiger partial charge in [-0.15, -0.1) is 0 Å². The number of aliphatic imine (C=N–C) groups is 1. The van der Waals surface area contributed by atoms with Crippen LogP contribution in [0.2, 0.25) is 5.02 Å². The summed E-state index contributed by atoms with van der Waals surface area (Å²) in [6.07, 6.45) is 10.8. The third kappa shape index (κ3) is 8.45. The fourth-order valence-corrected chi connectivity index (χ4v) is 5.51. The SMILES string of the molecule is C=C/C=C(\C=C/CCOc1ccc(Cl)cc1C1=NC(n2ncc(C(=O)O)c2C(F)(F)F)=CCC=C1)C1CCN(C(=O)C(C)C)CC1. The minimum Gasteiger partial charge on any atom is -0.493 e. The largest absolute Gasteiger partial charge is 0.493 e. The first-order chi connectivity index (χ1) is 21.9. The van der Waals surface area contributed by atoms with Crippen molar-refractivity contribution in [3.8, 4) is 5.75 Å². The van der Waals surface area contributed by atoms with Crippen molar-refractivity contribution in [2.45, 2.75) is 45.7 Å². The van der Waals surface area contributed by atoms with E-state index in [1.165, 1.54) is 6.08 Å². The van der Waals surface area contributed by atoms with E-state index in [0.717, 1.165) is 31.5 Å². The molecule has 0 unspecified atom stereocenters. The molecule has 8 nitrogen and oxygen atoms in total. The van der Waals surface area contributed by atoms with Gasteiger partial charge >= 0.3 is 12.1 Å². The molecule has 1 N–H and O–H groups in total. The molecule has 0 atom stereocenters. The number of benzene rings is 1. The second-order valence-corrected chi connectivity index (χ2v) is 11.6. The number of nitrogens with zero attached hydrogens (tertiary/aromatic N) is 4. The summed E-state index contributed by atoms with van der Waals surface area (Å²) in [6.45, 7) is 9.42. The molecule has 0 saturated carbocycles. The topological polar surface area (TPSA) is 97.0 Å². The Bertz CT molecular complexity index is 1610. The molecule has 0 aliphatic carbocycles. The van der Waals surface area contributed by atoms with Crippen molar-refractivity contribution in [1.29, 1.82) is 0 Å². The lowest BCUT2D eigenvalue weighted by Crippen LogP contribution is -2.40. The third-order valence-electron chi connectivity index (χ3n) is 7.58. The number of carbonyl (C=O) groups excluding carboxylic acids is 1. The fourth-order valence-electron chi connectivity index (χ4n) is 5.34. The molecular formula is C34H36ClF3N4O4. The van der Waals surface area contributed by atoms with Crippen LogP contribution in [0.25, 0.3) is 5.82 Å². The van der Waals surface area contributed by atoms with Crippen molar-refractivity contribution in [3.63, 3.8) is 0 Å². The van der Waals surface area contributed by atoms with Gasteiger partial charge in [-0.25, -0.2) is 14.5 Å². The molecule has 2 aromatic rings. The predicted octanol–water partition coefficient (Wildman–Crippen LogP) is 7.83. The maximum absolute atomic E-state index is 13.9. The number of ether oxygens (including phenoxy) is 1. The van der Waals surface area contributed by atoms with Crippen molar-refractivity contribution in [2.24, 2.45) is 16.8 Å². The van der Waals surface area contributed by atoms with E-state index in [0.29, 0.717) is 46.2 Å². The van der Waals surface area contributed by atoms with Gasteiger partial charge in [-0.05, 0) is 67.5 Å². The summed E-state index contributed by atoms with van der Waals surface area (Å²) < 4.78 is 48.2. The molecular weight excluding hydrogens is 621 g/mol. The van der Waals surface area contributed by atoms with Crippen LogP contribution in [0.3, 0.4) is 0 Å². The van der Waals surface area contributed by atoms with Gasteiger partial charge < -0.3 is 14.7 Å². The van der Waals surface area contributed by atoms with Crippen molar-refractivity contribution < 1.29 is 32.6 Å². The van der Waals surface area contributed by atoms with E-state index in [9.17, 15) is 27.9 Å². The number of aromatic nitrogens is 2. The zero-order valence-electron chi connectivity index (χ0n) is 25.6. The molecule has 1 aromatic carbocycles. The Morgan fingerprint density at radius 2 is 1.98 bits per heavy atom. The van der Waals surface area contributed by atoms with Crippen LogP contribution in [0.5, 0.6) is 5.75 Å². The van der Waals surface area contributed by atoms with Crippen molar-refractivity contribution in [1.82, 2.24) is 14.7 Å². The van der Waals surface area contributed by atoms with Crippen LogP contribution in [0.1, 0.15) is 61.1 Å². The fraction of sp³-hybridized carbons (Fsp3) is 0.353. The number of likely N-dealkylation sites (tertiary alicyclic amines) is 1. The lowest BCUT2D eigenvalue weighted by Gasteiger charge is -2.33. The molecule has 2 aliphatic rings. The number of carbonyl (C=O) groups is 2. The number of amides is 1. The lowest BCUT2D eigenvalue weighted by atomic mass is 9.88. The van der Waals surface area contributed by atoms with E-state index in [1.54, 1.807) is 36.4 Å². The average molecular weight is 657 g/mol. The second kappa shape index (κ2) is 15.3. The number of hydrogen-bond acceptors (Lipinski definition) is 5. The highest BCUT2D eigenvalue weighted by Gasteiger charge is 2.41. The molecule has 1 saturated heterocycles. The van der Waals surface area contributed by atoms with Crippen LogP contribution in [0.4, 0.5) is 13.2 Å². The van der Waals surface area contributed by atoms with Gasteiger partial charge in [0.25, 0.3) is 0 Å². The maximum Gasteiger partial charge on any atom is 0.434 e. The number of rotatable bonds is 11. The van der Waals surface area contributed by atoms with Crippen molar-refractivity contribution in [2.75, 3.05) is 19.7 Å². The number of allylic oxidation sites excluding steroid dienone is 7. The molecule has 0 radical (unpaired) electrons. The molecule has 244 valence electrons. The smallest absolute Gasteiger partial charge is 0.434 e. The Hall–Kier alpha value is -4.38. The van der Waals surface area contributed by atoms with E-state index in [1.807, 2.05) is 30.9 Å². The Kier molecular flexibility index (Phi) is 11.4. The van der Waals surface area contributed by atoms with Crippen LogP contribution in [-0.2, 0) is 11.0 Å². The molecule has 1 amide bonds. The van der Waals surface area contributed by atoms with E-state index in [4.69, 9.17) is 16.3 Å². The summed E-state index contributed by atoms with van der Waals surface area (Å²) >= 11 is 6.29. The standard InChI is InChI=1S/C34H36ClF3N4O4/c1-4-9-23(24-15-17-41(18-16-24)32(43)22(2)3)10-7-8-19-46-29-14-13-25(35)20-26(29)28-11-5-6-12-30(40-28)42-31(34(36,37)38)27(21-39-42)33(44)45/h4-5,7,9-14,20-22,24H,1,6,8,15-19H2,2-3H3,(H,44,45)/b10-7-,23-9+. The lowest BCUT2D eigenvalue weighted by molar-refractivity contribution is -0.143. The van der Waals surface area contributed by atoms with Gasteiger partial charge in [-0.3, -0.25) is 4.79 Å². The molecule has 2 aliphatic heterocycles. The predicted molar refractivity (Wildman–Crippen MR) is 172 cm³/mol. The first-order valence-electron chi connectivity index (χ1n) is 15.0. The number of aromatic carboxylic acids is 1. The van der Waals surface area contributed by atoms with Crippen LogP contribution in [0.15, 0.2) is 84.1 Å². The highest BCUT2D eigenvalue weighted by atomic mass is 35.5. The van der Waals surface area contributed by atoms with Gasteiger partial charge in [0.15, 0.2) is 11.5 Å². The van der Waals surface area contributed by atoms with Gasteiger partial charge in [-0.1, -0.05) is 62.4 Å². The number of alkyl halides is 3. The molecule has 0 spiro atoms. The van der Waals surface area contributed by atoms with Gasteiger partial charge in [-0.2, -0.15) is 18.3 Å². The molecule has 4 rings (SSSR count). The number of carboxylic acid groups (broad SMARTS) is 1. The van der Waals surface area contributed by atoms with Gasteiger partial charge in [0.05, 0.1) is 18.5 Å². The van der Waals surface area contributed by atoms with Gasteiger partial charge in [0, 0.05) is 29.6 Å². The molecule has 1 fully saturated rings. The van der Waals surface area contributed by atoms with Gasteiger partial charge in [0.2, 0.25) is 5.91 Å².